The molecule has 57 heavy (non-hydrogen) atoms. The monoisotopic (exact) mass is 816 g/mol. The molecule has 2 aliphatic carbocycles. The molecule has 6 unspecified atom stereocenters. The Bertz CT molecular complexity index is 2500. The van der Waals surface area contributed by atoms with Crippen LogP contribution in [0, 0.1) is 41.8 Å². The minimum atomic E-state index is -4.79. The third kappa shape index (κ3) is 6.02. The summed E-state index contributed by atoms with van der Waals surface area (Å²) in [6.07, 6.45) is -0.821. The zero-order chi connectivity index (χ0) is 39.5. The van der Waals surface area contributed by atoms with Gasteiger partial charge in [-0.05, 0) is 93.0 Å². The topological polar surface area (TPSA) is 86.4 Å². The van der Waals surface area contributed by atoms with Crippen molar-refractivity contribution in [3.63, 3.8) is 0 Å². The summed E-state index contributed by atoms with van der Waals surface area (Å²) in [4.78, 5) is 23.6. The fourth-order valence-electron chi connectivity index (χ4n) is 10.4. The standard InChI is InChI=1S/C43H38Cl2F4N6O2/c1-21-30-17-34(40-25-14-27(54(40)42(56)22-7-8-22)20-53(19-25)26-9-11-28(12-10-26)57-43(47,48)49)55(39-24-16-33(39)51-18-24)41(30)31-15-23(4-3-13-50)35(37(46)38(31)52-21)29-5-2-6-32(44)36(29)45/h2,5-6,9-12,15,17,22,24-25,27,33,39-40,51H,3-4,7-8,14,16,18-20H2,1H3. The van der Waals surface area contributed by atoms with Gasteiger partial charge in [0.2, 0.25) is 5.91 Å². The number of nitrogens with one attached hydrogen (secondary N) is 1. The maximum atomic E-state index is 17.3. The van der Waals surface area contributed by atoms with Crippen molar-refractivity contribution in [2.75, 3.05) is 24.5 Å². The second kappa shape index (κ2) is 13.5. The Kier molecular flexibility index (Phi) is 8.70. The van der Waals surface area contributed by atoms with Crippen LogP contribution in [-0.2, 0) is 11.2 Å². The summed E-state index contributed by atoms with van der Waals surface area (Å²) in [6, 6.07) is 17.3. The molecule has 2 aromatic heterocycles. The predicted molar refractivity (Wildman–Crippen MR) is 210 cm³/mol. The van der Waals surface area contributed by atoms with Crippen LogP contribution in [0.15, 0.2) is 54.6 Å². The number of hydrogen-bond donors (Lipinski definition) is 1. The first-order valence-corrected chi connectivity index (χ1v) is 20.3. The average Bonchev–Trinajstić information content (AvgIpc) is 3.45. The van der Waals surface area contributed by atoms with Crippen LogP contribution < -0.4 is 15.0 Å². The van der Waals surface area contributed by atoms with Gasteiger partial charge in [0, 0.05) is 82.9 Å². The Balaban J connectivity index is 1.15. The van der Waals surface area contributed by atoms with E-state index < -0.39 is 12.2 Å². The fourth-order valence-corrected chi connectivity index (χ4v) is 10.8. The first-order chi connectivity index (χ1) is 27.4. The van der Waals surface area contributed by atoms with Gasteiger partial charge in [-0.2, -0.15) is 5.26 Å². The Morgan fingerprint density at radius 2 is 1.84 bits per heavy atom. The number of nitriles is 1. The molecule has 4 bridgehead atoms. The number of halogens is 6. The zero-order valence-electron chi connectivity index (χ0n) is 30.9. The number of fused-ring (bicyclic) bond motifs is 6. The number of carbonyl (C=O) groups is 1. The minimum Gasteiger partial charge on any atom is -0.406 e. The number of alkyl halides is 3. The van der Waals surface area contributed by atoms with Crippen LogP contribution >= 0.6 is 23.2 Å². The van der Waals surface area contributed by atoms with Crippen LogP contribution in [0.4, 0.5) is 23.2 Å². The number of aromatic nitrogens is 2. The summed E-state index contributed by atoms with van der Waals surface area (Å²) in [6.45, 7) is 3.90. The molecule has 2 saturated carbocycles. The molecule has 1 N–H and O–H groups in total. The van der Waals surface area contributed by atoms with E-state index in [0.29, 0.717) is 46.2 Å². The molecule has 1 amide bonds. The van der Waals surface area contributed by atoms with Crippen LogP contribution in [-0.4, -0.2) is 58.4 Å². The molecule has 6 heterocycles. The van der Waals surface area contributed by atoms with Gasteiger partial charge in [-0.1, -0.05) is 35.3 Å². The lowest BCUT2D eigenvalue weighted by Crippen LogP contribution is -2.45. The van der Waals surface area contributed by atoms with Crippen LogP contribution in [0.2, 0.25) is 10.0 Å². The summed E-state index contributed by atoms with van der Waals surface area (Å²) in [5, 5.41) is 15.4. The molecule has 4 saturated heterocycles. The highest BCUT2D eigenvalue weighted by Crippen LogP contribution is 2.54. The molecule has 6 atom stereocenters. The summed E-state index contributed by atoms with van der Waals surface area (Å²) < 4.78 is 62.7. The van der Waals surface area contributed by atoms with E-state index in [0.717, 1.165) is 54.5 Å². The van der Waals surface area contributed by atoms with E-state index in [9.17, 15) is 23.2 Å². The van der Waals surface area contributed by atoms with E-state index >= 15 is 4.39 Å². The molecule has 6 fully saturated rings. The third-order valence-corrected chi connectivity index (χ3v) is 13.8. The van der Waals surface area contributed by atoms with Crippen molar-refractivity contribution in [3.8, 4) is 22.9 Å². The maximum absolute atomic E-state index is 17.3. The molecule has 0 radical (unpaired) electrons. The summed E-state index contributed by atoms with van der Waals surface area (Å²) in [5.41, 5.74) is 4.86. The molecule has 14 heteroatoms. The van der Waals surface area contributed by atoms with Crippen LogP contribution in [0.25, 0.3) is 32.9 Å². The van der Waals surface area contributed by atoms with Crippen molar-refractivity contribution in [2.45, 2.75) is 76.0 Å². The molecular formula is C43H38Cl2F4N6O2. The fraction of sp³-hybridized carbons (Fsp3) is 0.419. The zero-order valence-corrected chi connectivity index (χ0v) is 32.4. The second-order valence-electron chi connectivity index (χ2n) is 16.3. The number of benzene rings is 3. The SMILES string of the molecule is Cc1nc2c(F)c(-c3cccc(Cl)c3Cl)c(CCC#N)cc2c2c1cc(C1C3CC(CN(c4ccc(OC(F)(F)F)cc4)C3)N1C(=O)C1CC1)n2C1C2CNC1C2. The number of aryl methyl sites for hydroxylation is 2. The summed E-state index contributed by atoms with van der Waals surface area (Å²) in [7, 11) is 0. The molecule has 6 aliphatic rings. The second-order valence-corrected chi connectivity index (χ2v) is 17.1. The lowest BCUT2D eigenvalue weighted by atomic mass is 9.79. The summed E-state index contributed by atoms with van der Waals surface area (Å²) >= 11 is 13.1. The molecule has 5 aromatic rings. The van der Waals surface area contributed by atoms with Gasteiger partial charge in [-0.3, -0.25) is 4.79 Å². The number of anilines is 1. The number of piperidine rings is 1. The van der Waals surface area contributed by atoms with E-state index in [4.69, 9.17) is 28.2 Å². The third-order valence-electron chi connectivity index (χ3n) is 13.0. The van der Waals surface area contributed by atoms with Crippen molar-refractivity contribution >= 4 is 56.6 Å². The average molecular weight is 818 g/mol. The summed E-state index contributed by atoms with van der Waals surface area (Å²) in [5.74, 6) is -0.330. The van der Waals surface area contributed by atoms with Gasteiger partial charge < -0.3 is 24.4 Å². The lowest BCUT2D eigenvalue weighted by molar-refractivity contribution is -0.274. The number of likely N-dealkylation sites (tertiary alicyclic amines) is 1. The molecule has 3 aromatic carbocycles. The van der Waals surface area contributed by atoms with Crippen molar-refractivity contribution in [2.24, 2.45) is 17.8 Å². The number of ether oxygens (including phenoxy) is 1. The molecule has 0 spiro atoms. The highest BCUT2D eigenvalue weighted by atomic mass is 35.5. The Hall–Kier alpha value is -4.57. The smallest absolute Gasteiger partial charge is 0.406 e. The quantitative estimate of drug-likeness (QED) is 0.157. The number of rotatable bonds is 8. The largest absolute Gasteiger partial charge is 0.573 e. The van der Waals surface area contributed by atoms with Crippen molar-refractivity contribution < 1.29 is 27.1 Å². The Morgan fingerprint density at radius 3 is 2.53 bits per heavy atom. The molecular weight excluding hydrogens is 779 g/mol. The van der Waals surface area contributed by atoms with E-state index in [1.807, 2.05) is 13.0 Å². The van der Waals surface area contributed by atoms with Crippen LogP contribution in [0.5, 0.6) is 5.75 Å². The van der Waals surface area contributed by atoms with Gasteiger partial charge in [0.05, 0.1) is 39.8 Å². The van der Waals surface area contributed by atoms with E-state index in [2.05, 4.69) is 36.6 Å². The normalized spacial score (nSPS) is 25.3. The molecule has 4 aliphatic heterocycles. The van der Waals surface area contributed by atoms with E-state index in [1.165, 1.54) is 12.1 Å². The van der Waals surface area contributed by atoms with Gasteiger partial charge in [-0.25, -0.2) is 9.37 Å². The van der Waals surface area contributed by atoms with Crippen LogP contribution in [0.3, 0.4) is 0 Å². The Morgan fingerprint density at radius 1 is 1.05 bits per heavy atom. The van der Waals surface area contributed by atoms with Gasteiger partial charge in [0.15, 0.2) is 5.82 Å². The van der Waals surface area contributed by atoms with Gasteiger partial charge in [-0.15, -0.1) is 13.2 Å². The van der Waals surface area contributed by atoms with E-state index in [-0.39, 0.29) is 76.6 Å². The number of pyridine rings is 1. The number of carbonyl (C=O) groups excluding carboxylic acids is 1. The van der Waals surface area contributed by atoms with Crippen LogP contribution in [0.1, 0.15) is 61.1 Å². The first kappa shape index (κ1) is 36.7. The highest BCUT2D eigenvalue weighted by Gasteiger charge is 2.55. The molecule has 8 nitrogen and oxygen atoms in total. The van der Waals surface area contributed by atoms with Gasteiger partial charge in [0.25, 0.3) is 0 Å². The van der Waals surface area contributed by atoms with E-state index in [1.54, 1.807) is 30.3 Å². The Labute approximate surface area is 336 Å². The minimum absolute atomic E-state index is 0.0188. The maximum Gasteiger partial charge on any atom is 0.573 e. The highest BCUT2D eigenvalue weighted by molar-refractivity contribution is 6.43. The first-order valence-electron chi connectivity index (χ1n) is 19.5. The lowest BCUT2D eigenvalue weighted by Gasteiger charge is -2.40. The van der Waals surface area contributed by atoms with Crippen molar-refractivity contribution in [3.05, 3.63) is 87.4 Å². The molecule has 294 valence electrons. The van der Waals surface area contributed by atoms with Crippen molar-refractivity contribution in [1.82, 2.24) is 19.8 Å². The predicted octanol–water partition coefficient (Wildman–Crippen LogP) is 9.69. The molecule has 11 rings (SSSR count). The van der Waals surface area contributed by atoms with Crippen molar-refractivity contribution in [1.29, 1.82) is 5.26 Å². The number of hydrogen-bond acceptors (Lipinski definition) is 6. The van der Waals surface area contributed by atoms with Gasteiger partial charge >= 0.3 is 6.36 Å². The van der Waals surface area contributed by atoms with Gasteiger partial charge in [0.1, 0.15) is 11.3 Å². The number of amides is 1. The number of nitrogens with zero attached hydrogens (tertiary/aromatic N) is 5.